The summed E-state index contributed by atoms with van der Waals surface area (Å²) in [5.41, 5.74) is 10.2. The van der Waals surface area contributed by atoms with Crippen molar-refractivity contribution in [3.05, 3.63) is 59.2 Å². The van der Waals surface area contributed by atoms with Crippen LogP contribution in [-0.2, 0) is 0 Å². The van der Waals surface area contributed by atoms with Gasteiger partial charge in [0.15, 0.2) is 0 Å². The highest BCUT2D eigenvalue weighted by Gasteiger charge is 2.00. The Kier molecular flexibility index (Phi) is 6.83. The summed E-state index contributed by atoms with van der Waals surface area (Å²) in [6.45, 7) is 5.22. The van der Waals surface area contributed by atoms with E-state index < -0.39 is 6.03 Å². The number of benzene rings is 2. The zero-order valence-corrected chi connectivity index (χ0v) is 14.5. The van der Waals surface area contributed by atoms with E-state index in [4.69, 9.17) is 15.2 Å². The zero-order valence-electron chi connectivity index (χ0n) is 14.5. The number of rotatable bonds is 8. The van der Waals surface area contributed by atoms with Gasteiger partial charge in [-0.1, -0.05) is 24.3 Å². The molecule has 132 valence electrons. The van der Waals surface area contributed by atoms with Gasteiger partial charge in [-0.15, -0.1) is 0 Å². The number of carbonyl (C=O) groups excluding carboxylic acids is 1. The number of urea groups is 1. The highest BCUT2D eigenvalue weighted by atomic mass is 16.5. The van der Waals surface area contributed by atoms with Crippen LogP contribution < -0.4 is 20.6 Å². The first-order chi connectivity index (χ1) is 12.0. The lowest BCUT2D eigenvalue weighted by Crippen LogP contribution is -2.24. The van der Waals surface area contributed by atoms with Gasteiger partial charge in [0.2, 0.25) is 0 Å². The monoisotopic (exact) mass is 341 g/mol. The molecule has 0 saturated carbocycles. The van der Waals surface area contributed by atoms with Crippen molar-refractivity contribution in [3.8, 4) is 11.5 Å². The standard InChI is InChI=1S/C19H23N3O3/c1-14-7-8-15(2)18(11-14)25-10-4-9-24-17-6-3-5-16(12-17)13-21-22-19(20)23/h3,5-8,11-13H,4,9-10H2,1-2H3,(H3,20,22,23)/b21-13+. The topological polar surface area (TPSA) is 85.9 Å². The molecule has 0 radical (unpaired) electrons. The molecule has 2 aromatic rings. The van der Waals surface area contributed by atoms with Gasteiger partial charge in [0.1, 0.15) is 11.5 Å². The maximum Gasteiger partial charge on any atom is 0.332 e. The molecule has 2 amide bonds. The Morgan fingerprint density at radius 3 is 2.76 bits per heavy atom. The van der Waals surface area contributed by atoms with Crippen molar-refractivity contribution in [1.82, 2.24) is 5.43 Å². The quantitative estimate of drug-likeness (QED) is 0.439. The molecule has 0 aromatic heterocycles. The molecule has 0 aliphatic rings. The number of nitrogens with zero attached hydrogens (tertiary/aromatic N) is 1. The number of amides is 2. The maximum absolute atomic E-state index is 10.6. The van der Waals surface area contributed by atoms with E-state index in [1.807, 2.05) is 44.2 Å². The van der Waals surface area contributed by atoms with E-state index in [0.29, 0.717) is 13.2 Å². The second kappa shape index (κ2) is 9.32. The molecule has 0 aliphatic carbocycles. The lowest BCUT2D eigenvalue weighted by Gasteiger charge is -2.11. The van der Waals surface area contributed by atoms with Crippen LogP contribution in [0.2, 0.25) is 0 Å². The Labute approximate surface area is 147 Å². The molecule has 2 rings (SSSR count). The van der Waals surface area contributed by atoms with E-state index in [-0.39, 0.29) is 0 Å². The minimum absolute atomic E-state index is 0.547. The molecule has 25 heavy (non-hydrogen) atoms. The van der Waals surface area contributed by atoms with E-state index in [2.05, 4.69) is 22.7 Å². The Balaban J connectivity index is 1.75. The number of primary amides is 1. The van der Waals surface area contributed by atoms with Crippen LogP contribution in [0.3, 0.4) is 0 Å². The number of ether oxygens (including phenoxy) is 2. The van der Waals surface area contributed by atoms with Crippen molar-refractivity contribution in [1.29, 1.82) is 0 Å². The largest absolute Gasteiger partial charge is 0.493 e. The molecule has 6 heteroatoms. The first-order valence-corrected chi connectivity index (χ1v) is 8.06. The second-order valence-electron chi connectivity index (χ2n) is 5.63. The number of hydrazone groups is 1. The highest BCUT2D eigenvalue weighted by Crippen LogP contribution is 2.19. The van der Waals surface area contributed by atoms with Crippen molar-refractivity contribution in [2.75, 3.05) is 13.2 Å². The van der Waals surface area contributed by atoms with Crippen molar-refractivity contribution in [2.45, 2.75) is 20.3 Å². The summed E-state index contributed by atoms with van der Waals surface area (Å²) < 4.78 is 11.5. The number of aryl methyl sites for hydroxylation is 2. The van der Waals surface area contributed by atoms with Crippen LogP contribution in [0.15, 0.2) is 47.6 Å². The molecule has 2 aromatic carbocycles. The van der Waals surface area contributed by atoms with E-state index in [9.17, 15) is 4.79 Å². The molecule has 0 bridgehead atoms. The van der Waals surface area contributed by atoms with Gasteiger partial charge in [-0.05, 0) is 48.7 Å². The van der Waals surface area contributed by atoms with Crippen molar-refractivity contribution < 1.29 is 14.3 Å². The molecule has 0 saturated heterocycles. The van der Waals surface area contributed by atoms with Gasteiger partial charge in [0.25, 0.3) is 0 Å². The van der Waals surface area contributed by atoms with Crippen molar-refractivity contribution in [3.63, 3.8) is 0 Å². The third-order valence-electron chi connectivity index (χ3n) is 3.41. The first-order valence-electron chi connectivity index (χ1n) is 8.06. The zero-order chi connectivity index (χ0) is 18.1. The summed E-state index contributed by atoms with van der Waals surface area (Å²) in [7, 11) is 0. The van der Waals surface area contributed by atoms with E-state index in [0.717, 1.165) is 29.0 Å². The number of nitrogens with one attached hydrogen (secondary N) is 1. The fourth-order valence-corrected chi connectivity index (χ4v) is 2.15. The van der Waals surface area contributed by atoms with Gasteiger partial charge >= 0.3 is 6.03 Å². The van der Waals surface area contributed by atoms with Crippen LogP contribution >= 0.6 is 0 Å². The first kappa shape index (κ1) is 18.3. The maximum atomic E-state index is 10.6. The Morgan fingerprint density at radius 2 is 1.96 bits per heavy atom. The fourth-order valence-electron chi connectivity index (χ4n) is 2.15. The SMILES string of the molecule is Cc1ccc(C)c(OCCCOc2cccc(/C=N/NC(N)=O)c2)c1. The molecule has 3 N–H and O–H groups in total. The number of hydrogen-bond acceptors (Lipinski definition) is 4. The van der Waals surface area contributed by atoms with Crippen LogP contribution in [0, 0.1) is 13.8 Å². The van der Waals surface area contributed by atoms with Crippen LogP contribution in [-0.4, -0.2) is 25.5 Å². The Hall–Kier alpha value is -3.02. The molecular weight excluding hydrogens is 318 g/mol. The molecule has 6 nitrogen and oxygen atoms in total. The fraction of sp³-hybridized carbons (Fsp3) is 0.263. The number of carbonyl (C=O) groups is 1. The lowest BCUT2D eigenvalue weighted by molar-refractivity contribution is 0.246. The Bertz CT molecular complexity index is 744. The third-order valence-corrected chi connectivity index (χ3v) is 3.41. The third kappa shape index (κ3) is 6.55. The average molecular weight is 341 g/mol. The van der Waals surface area contributed by atoms with E-state index >= 15 is 0 Å². The predicted octanol–water partition coefficient (Wildman–Crippen LogP) is 3.15. The molecule has 0 unspecified atom stereocenters. The minimum Gasteiger partial charge on any atom is -0.493 e. The number of hydrogen-bond donors (Lipinski definition) is 2. The van der Waals surface area contributed by atoms with Gasteiger partial charge in [-0.3, -0.25) is 0 Å². The summed E-state index contributed by atoms with van der Waals surface area (Å²) >= 11 is 0. The average Bonchev–Trinajstić information content (AvgIpc) is 2.57. The summed E-state index contributed by atoms with van der Waals surface area (Å²) in [5, 5.41) is 3.72. The summed E-state index contributed by atoms with van der Waals surface area (Å²) in [5.74, 6) is 1.65. The van der Waals surface area contributed by atoms with E-state index in [1.165, 1.54) is 11.8 Å². The van der Waals surface area contributed by atoms with Crippen molar-refractivity contribution in [2.24, 2.45) is 10.8 Å². The van der Waals surface area contributed by atoms with Gasteiger partial charge in [-0.2, -0.15) is 5.10 Å². The molecular formula is C19H23N3O3. The van der Waals surface area contributed by atoms with Gasteiger partial charge in [0.05, 0.1) is 19.4 Å². The summed E-state index contributed by atoms with van der Waals surface area (Å²) in [6.07, 6.45) is 2.27. The Morgan fingerprint density at radius 1 is 1.16 bits per heavy atom. The smallest absolute Gasteiger partial charge is 0.332 e. The second-order valence-corrected chi connectivity index (χ2v) is 5.63. The molecule has 0 aliphatic heterocycles. The van der Waals surface area contributed by atoms with E-state index in [1.54, 1.807) is 0 Å². The van der Waals surface area contributed by atoms with Crippen LogP contribution in [0.5, 0.6) is 11.5 Å². The molecule has 0 fully saturated rings. The number of nitrogens with two attached hydrogens (primary N) is 1. The van der Waals surface area contributed by atoms with Crippen LogP contribution in [0.4, 0.5) is 4.79 Å². The predicted molar refractivity (Wildman–Crippen MR) is 98.3 cm³/mol. The van der Waals surface area contributed by atoms with Gasteiger partial charge in [0, 0.05) is 6.42 Å². The van der Waals surface area contributed by atoms with Gasteiger partial charge < -0.3 is 15.2 Å². The lowest BCUT2D eigenvalue weighted by atomic mass is 10.1. The van der Waals surface area contributed by atoms with Crippen LogP contribution in [0.25, 0.3) is 0 Å². The molecule has 0 spiro atoms. The summed E-state index contributed by atoms with van der Waals surface area (Å²) in [4.78, 5) is 10.6. The van der Waals surface area contributed by atoms with Crippen LogP contribution in [0.1, 0.15) is 23.1 Å². The van der Waals surface area contributed by atoms with Crippen molar-refractivity contribution >= 4 is 12.2 Å². The minimum atomic E-state index is -0.701. The van der Waals surface area contributed by atoms with Gasteiger partial charge in [-0.25, -0.2) is 10.2 Å². The molecule has 0 heterocycles. The highest BCUT2D eigenvalue weighted by molar-refractivity contribution is 5.81. The normalized spacial score (nSPS) is 10.6. The molecule has 0 atom stereocenters. The summed E-state index contributed by atoms with van der Waals surface area (Å²) in [6, 6.07) is 12.9.